The predicted octanol–water partition coefficient (Wildman–Crippen LogP) is 2.19. The van der Waals surface area contributed by atoms with E-state index in [0.717, 1.165) is 0 Å². The number of rotatable bonds is 8. The first kappa shape index (κ1) is 16.5. The van der Waals surface area contributed by atoms with Crippen molar-refractivity contribution in [1.82, 2.24) is 9.80 Å². The molecule has 104 valence electrons. The van der Waals surface area contributed by atoms with Gasteiger partial charge in [0.1, 0.15) is 0 Å². The maximum atomic E-state index is 12.2. The fourth-order valence-corrected chi connectivity index (χ4v) is 1.66. The predicted molar refractivity (Wildman–Crippen MR) is 71.6 cm³/mol. The number of carboxylic acids is 1. The molecule has 0 rings (SSSR count). The van der Waals surface area contributed by atoms with Crippen LogP contribution < -0.4 is 0 Å². The summed E-state index contributed by atoms with van der Waals surface area (Å²) < 4.78 is 0. The molecule has 0 bridgehead atoms. The number of aliphatic carboxylic acids is 1. The van der Waals surface area contributed by atoms with E-state index in [1.54, 1.807) is 15.9 Å². The van der Waals surface area contributed by atoms with E-state index < -0.39 is 5.97 Å². The monoisotopic (exact) mass is 256 g/mol. The van der Waals surface area contributed by atoms with Gasteiger partial charge in [-0.3, -0.25) is 4.79 Å². The van der Waals surface area contributed by atoms with Gasteiger partial charge in [0.25, 0.3) is 0 Å². The van der Waals surface area contributed by atoms with Gasteiger partial charge in [0.15, 0.2) is 0 Å². The van der Waals surface area contributed by atoms with E-state index in [-0.39, 0.29) is 18.5 Å². The van der Waals surface area contributed by atoms with Gasteiger partial charge in [-0.1, -0.05) is 6.08 Å². The molecule has 0 fully saturated rings. The summed E-state index contributed by atoms with van der Waals surface area (Å²) in [7, 11) is 0. The average molecular weight is 256 g/mol. The summed E-state index contributed by atoms with van der Waals surface area (Å²) in [6.45, 7) is 11.0. The second-order valence-electron chi connectivity index (χ2n) is 4.39. The Morgan fingerprint density at radius 3 is 2.39 bits per heavy atom. The molecule has 0 saturated carbocycles. The van der Waals surface area contributed by atoms with Crippen molar-refractivity contribution in [2.24, 2.45) is 0 Å². The zero-order valence-corrected chi connectivity index (χ0v) is 11.6. The number of amides is 2. The first-order valence-electron chi connectivity index (χ1n) is 6.32. The van der Waals surface area contributed by atoms with Crippen LogP contribution in [0, 0.1) is 0 Å². The highest BCUT2D eigenvalue weighted by Gasteiger charge is 2.21. The summed E-state index contributed by atoms with van der Waals surface area (Å²) in [5.41, 5.74) is 0. The molecule has 0 unspecified atom stereocenters. The molecule has 0 radical (unpaired) electrons. The van der Waals surface area contributed by atoms with E-state index in [1.165, 1.54) is 0 Å². The van der Waals surface area contributed by atoms with Crippen LogP contribution in [0.4, 0.5) is 4.79 Å². The lowest BCUT2D eigenvalue weighted by Crippen LogP contribution is -2.46. The third-order valence-electron chi connectivity index (χ3n) is 2.66. The molecule has 0 heterocycles. The minimum atomic E-state index is -0.829. The van der Waals surface area contributed by atoms with Gasteiger partial charge in [-0.25, -0.2) is 4.79 Å². The Hall–Kier alpha value is -1.52. The topological polar surface area (TPSA) is 60.9 Å². The normalized spacial score (nSPS) is 10.2. The molecule has 0 aromatic rings. The molecule has 0 aliphatic carbocycles. The van der Waals surface area contributed by atoms with E-state index in [1.807, 2.05) is 20.8 Å². The summed E-state index contributed by atoms with van der Waals surface area (Å²) in [4.78, 5) is 26.1. The summed E-state index contributed by atoms with van der Waals surface area (Å²) >= 11 is 0. The number of carboxylic acid groups (broad SMARTS) is 1. The number of nitrogens with zero attached hydrogens (tertiary/aromatic N) is 2. The molecule has 2 amide bonds. The highest BCUT2D eigenvalue weighted by Crippen LogP contribution is 2.07. The van der Waals surface area contributed by atoms with E-state index >= 15 is 0 Å². The van der Waals surface area contributed by atoms with Crippen molar-refractivity contribution >= 4 is 12.0 Å². The smallest absolute Gasteiger partial charge is 0.320 e. The van der Waals surface area contributed by atoms with Gasteiger partial charge in [0, 0.05) is 32.1 Å². The van der Waals surface area contributed by atoms with Crippen LogP contribution in [0.5, 0.6) is 0 Å². The van der Waals surface area contributed by atoms with Crippen LogP contribution >= 0.6 is 0 Å². The van der Waals surface area contributed by atoms with Gasteiger partial charge >= 0.3 is 12.0 Å². The molecule has 5 nitrogen and oxygen atoms in total. The molecule has 18 heavy (non-hydrogen) atoms. The zero-order chi connectivity index (χ0) is 14.1. The number of likely N-dealkylation sites (N-methyl/N-ethyl adjacent to an activating group) is 1. The highest BCUT2D eigenvalue weighted by molar-refractivity contribution is 5.75. The first-order chi connectivity index (χ1) is 8.43. The SMILES string of the molecule is C=CCN(CC)C(=O)N(CCCC(=O)O)C(C)C. The van der Waals surface area contributed by atoms with Gasteiger partial charge in [-0.05, 0) is 27.2 Å². The second kappa shape index (κ2) is 8.55. The van der Waals surface area contributed by atoms with Crippen molar-refractivity contribution in [3.05, 3.63) is 12.7 Å². The molecule has 0 aliphatic heterocycles. The van der Waals surface area contributed by atoms with Crippen molar-refractivity contribution in [2.75, 3.05) is 19.6 Å². The quantitative estimate of drug-likeness (QED) is 0.677. The number of hydrogen-bond donors (Lipinski definition) is 1. The number of hydrogen-bond acceptors (Lipinski definition) is 2. The van der Waals surface area contributed by atoms with Crippen LogP contribution in [0.25, 0.3) is 0 Å². The van der Waals surface area contributed by atoms with Gasteiger partial charge in [0.2, 0.25) is 0 Å². The van der Waals surface area contributed by atoms with E-state index in [9.17, 15) is 9.59 Å². The third kappa shape index (κ3) is 5.70. The first-order valence-corrected chi connectivity index (χ1v) is 6.32. The molecule has 0 saturated heterocycles. The standard InChI is InChI=1S/C13H24N2O3/c1-5-9-14(6-2)13(18)15(11(3)4)10-7-8-12(16)17/h5,11H,1,6-10H2,2-4H3,(H,16,17). The van der Waals surface area contributed by atoms with Crippen LogP contribution in [-0.2, 0) is 4.79 Å². The molecule has 0 aliphatic rings. The Morgan fingerprint density at radius 1 is 1.39 bits per heavy atom. The zero-order valence-electron chi connectivity index (χ0n) is 11.6. The Kier molecular flexibility index (Phi) is 7.83. The molecule has 0 atom stereocenters. The third-order valence-corrected chi connectivity index (χ3v) is 2.66. The van der Waals surface area contributed by atoms with Crippen molar-refractivity contribution < 1.29 is 14.7 Å². The van der Waals surface area contributed by atoms with Gasteiger partial charge in [-0.15, -0.1) is 6.58 Å². The van der Waals surface area contributed by atoms with Crippen LogP contribution in [0.2, 0.25) is 0 Å². The average Bonchev–Trinajstić information content (AvgIpc) is 2.30. The van der Waals surface area contributed by atoms with Gasteiger partial charge < -0.3 is 14.9 Å². The molecule has 1 N–H and O–H groups in total. The fraction of sp³-hybridized carbons (Fsp3) is 0.692. The minimum absolute atomic E-state index is 0.0576. The molecule has 0 aromatic heterocycles. The summed E-state index contributed by atoms with van der Waals surface area (Å²) in [5.74, 6) is -0.829. The van der Waals surface area contributed by atoms with Crippen molar-refractivity contribution in [1.29, 1.82) is 0 Å². The van der Waals surface area contributed by atoms with Crippen LogP contribution in [0.3, 0.4) is 0 Å². The van der Waals surface area contributed by atoms with Gasteiger partial charge in [-0.2, -0.15) is 0 Å². The van der Waals surface area contributed by atoms with Crippen molar-refractivity contribution in [3.63, 3.8) is 0 Å². The number of carbonyl (C=O) groups is 2. The highest BCUT2D eigenvalue weighted by atomic mass is 16.4. The number of carbonyl (C=O) groups excluding carboxylic acids is 1. The Bertz CT molecular complexity index is 290. The van der Waals surface area contributed by atoms with Crippen LogP contribution in [0.1, 0.15) is 33.6 Å². The lowest BCUT2D eigenvalue weighted by molar-refractivity contribution is -0.137. The second-order valence-corrected chi connectivity index (χ2v) is 4.39. The summed E-state index contributed by atoms with van der Waals surface area (Å²) in [6, 6.07) is 0.00273. The molecule has 0 aromatic carbocycles. The Labute approximate surface area is 109 Å². The maximum Gasteiger partial charge on any atom is 0.320 e. The minimum Gasteiger partial charge on any atom is -0.481 e. The molecular weight excluding hydrogens is 232 g/mol. The molecular formula is C13H24N2O3. The maximum absolute atomic E-state index is 12.2. The van der Waals surface area contributed by atoms with Crippen molar-refractivity contribution in [3.8, 4) is 0 Å². The fourth-order valence-electron chi connectivity index (χ4n) is 1.66. The van der Waals surface area contributed by atoms with Gasteiger partial charge in [0.05, 0.1) is 0 Å². The van der Waals surface area contributed by atoms with E-state index in [0.29, 0.717) is 26.1 Å². The lowest BCUT2D eigenvalue weighted by Gasteiger charge is -2.32. The lowest BCUT2D eigenvalue weighted by atomic mass is 10.2. The van der Waals surface area contributed by atoms with Crippen LogP contribution in [0.15, 0.2) is 12.7 Å². The summed E-state index contributed by atoms with van der Waals surface area (Å²) in [5, 5.41) is 8.62. The molecule has 0 spiro atoms. The Balaban J connectivity index is 4.51. The number of urea groups is 1. The largest absolute Gasteiger partial charge is 0.481 e. The van der Waals surface area contributed by atoms with Crippen LogP contribution in [-0.4, -0.2) is 52.6 Å². The van der Waals surface area contributed by atoms with E-state index in [4.69, 9.17) is 5.11 Å². The summed E-state index contributed by atoms with van der Waals surface area (Å²) in [6.07, 6.45) is 2.26. The van der Waals surface area contributed by atoms with E-state index in [2.05, 4.69) is 6.58 Å². The Morgan fingerprint density at radius 2 is 2.00 bits per heavy atom. The van der Waals surface area contributed by atoms with Crippen molar-refractivity contribution in [2.45, 2.75) is 39.7 Å². The molecule has 5 heteroatoms.